The van der Waals surface area contributed by atoms with Crippen molar-refractivity contribution in [3.05, 3.63) is 107 Å². The minimum atomic E-state index is -0.399. The van der Waals surface area contributed by atoms with Gasteiger partial charge >= 0.3 is 0 Å². The van der Waals surface area contributed by atoms with Crippen molar-refractivity contribution >= 4 is 22.4 Å². The number of fused-ring (bicyclic) bond motifs is 2. The van der Waals surface area contributed by atoms with Crippen molar-refractivity contribution in [2.45, 2.75) is 26.8 Å². The molecule has 0 saturated heterocycles. The number of aryl methyl sites for hydroxylation is 2. The maximum atomic E-state index is 13.8. The molecule has 0 saturated carbocycles. The molecule has 7 rings (SSSR count). The molecule has 7 aromatic rings. The number of anilines is 1. The molecule has 1 atom stereocenters. The van der Waals surface area contributed by atoms with Gasteiger partial charge in [-0.2, -0.15) is 5.10 Å². The highest BCUT2D eigenvalue weighted by atomic mass is 16.4. The smallest absolute Gasteiger partial charge is 0.282 e. The van der Waals surface area contributed by atoms with Crippen molar-refractivity contribution < 1.29 is 4.42 Å². The lowest BCUT2D eigenvalue weighted by atomic mass is 10.0. The lowest BCUT2D eigenvalue weighted by Gasteiger charge is -2.20. The Morgan fingerprint density at radius 2 is 1.80 bits per heavy atom. The first-order chi connectivity index (χ1) is 20.0. The van der Waals surface area contributed by atoms with Crippen LogP contribution in [0.3, 0.4) is 0 Å². The lowest BCUT2D eigenvalue weighted by molar-refractivity contribution is 0.533. The zero-order chi connectivity index (χ0) is 28.1. The predicted molar refractivity (Wildman–Crippen MR) is 155 cm³/mol. The summed E-state index contributed by atoms with van der Waals surface area (Å²) in [4.78, 5) is 26.1. The van der Waals surface area contributed by atoms with Crippen LogP contribution in [-0.2, 0) is 0 Å². The zero-order valence-electron chi connectivity index (χ0n) is 22.5. The summed E-state index contributed by atoms with van der Waals surface area (Å²) in [6, 6.07) is 18.9. The maximum absolute atomic E-state index is 13.8. The van der Waals surface area contributed by atoms with E-state index < -0.39 is 6.04 Å². The van der Waals surface area contributed by atoms with E-state index in [1.165, 1.54) is 6.33 Å². The fourth-order valence-corrected chi connectivity index (χ4v) is 5.14. The number of aromatic amines is 1. The third-order valence-corrected chi connectivity index (χ3v) is 7.08. The van der Waals surface area contributed by atoms with Crippen LogP contribution in [0.15, 0.2) is 88.6 Å². The van der Waals surface area contributed by atoms with Gasteiger partial charge in [-0.1, -0.05) is 30.3 Å². The first-order valence-electron chi connectivity index (χ1n) is 13.1. The molecule has 0 aliphatic rings. The molecule has 0 amide bonds. The summed E-state index contributed by atoms with van der Waals surface area (Å²) < 4.78 is 8.94. The fourth-order valence-electron chi connectivity index (χ4n) is 5.14. The monoisotopic (exact) mass is 543 g/mol. The molecule has 41 heavy (non-hydrogen) atoms. The number of hydrogen-bond donors (Lipinski definition) is 2. The van der Waals surface area contributed by atoms with Crippen molar-refractivity contribution in [1.29, 1.82) is 0 Å². The van der Waals surface area contributed by atoms with E-state index in [1.54, 1.807) is 16.0 Å². The highest BCUT2D eigenvalue weighted by Gasteiger charge is 2.22. The number of nitrogens with one attached hydrogen (secondary N) is 2. The Hall–Kier alpha value is -5.58. The van der Waals surface area contributed by atoms with Crippen LogP contribution in [-0.4, -0.2) is 39.3 Å². The van der Waals surface area contributed by atoms with Crippen LogP contribution < -0.4 is 10.9 Å². The van der Waals surface area contributed by atoms with Crippen LogP contribution >= 0.6 is 0 Å². The van der Waals surface area contributed by atoms with E-state index >= 15 is 0 Å². The fraction of sp³-hybridized carbons (Fsp3) is 0.133. The SMILES string of the molecule is Cc1nnc(-c2cccc(-c3c[nH]c4ncnc(NC(C)c5nn6ccc(C)c6c(=O)n5-c5ccccc5)c34)c2)o1. The largest absolute Gasteiger partial charge is 0.421 e. The summed E-state index contributed by atoms with van der Waals surface area (Å²) in [6.07, 6.45) is 5.22. The van der Waals surface area contributed by atoms with Crippen molar-refractivity contribution in [1.82, 2.24) is 39.3 Å². The number of rotatable bonds is 6. The van der Waals surface area contributed by atoms with Gasteiger partial charge in [-0.05, 0) is 55.3 Å². The van der Waals surface area contributed by atoms with Gasteiger partial charge in [0.2, 0.25) is 11.8 Å². The molecule has 2 N–H and O–H groups in total. The van der Waals surface area contributed by atoms with E-state index in [-0.39, 0.29) is 5.56 Å². The molecule has 0 spiro atoms. The molecule has 0 radical (unpaired) electrons. The molecular formula is C30H25N9O2. The number of aromatic nitrogens is 8. The van der Waals surface area contributed by atoms with Gasteiger partial charge in [-0.25, -0.2) is 14.5 Å². The maximum Gasteiger partial charge on any atom is 0.282 e. The standard InChI is InChI=1S/C30H25N9O2/c1-17-12-13-38-25(17)30(40)39(22-10-5-4-6-11-22)28(37-38)18(2)34-27-24-23(15-31-26(24)32-16-33-27)20-8-7-9-21(14-20)29-36-35-19(3)41-29/h4-16,18H,1-3H3,(H2,31,32,33,34). The van der Waals surface area contributed by atoms with Gasteiger partial charge in [-0.15, -0.1) is 10.2 Å². The van der Waals surface area contributed by atoms with E-state index in [0.717, 1.165) is 33.3 Å². The normalized spacial score (nSPS) is 12.3. The Balaban J connectivity index is 1.34. The molecule has 0 bridgehead atoms. The summed E-state index contributed by atoms with van der Waals surface area (Å²) in [5.41, 5.74) is 5.32. The van der Waals surface area contributed by atoms with E-state index in [2.05, 4.69) is 30.5 Å². The highest BCUT2D eigenvalue weighted by molar-refractivity contribution is 6.01. The molecular weight excluding hydrogens is 518 g/mol. The summed E-state index contributed by atoms with van der Waals surface area (Å²) in [5, 5.41) is 17.3. The first kappa shape index (κ1) is 24.5. The quantitative estimate of drug-likeness (QED) is 0.290. The van der Waals surface area contributed by atoms with Gasteiger partial charge in [0, 0.05) is 30.4 Å². The Bertz CT molecular complexity index is 2100. The first-order valence-corrected chi connectivity index (χ1v) is 13.1. The van der Waals surface area contributed by atoms with Gasteiger partial charge in [0.1, 0.15) is 23.3 Å². The Labute approximate surface area is 233 Å². The third-order valence-electron chi connectivity index (χ3n) is 7.08. The summed E-state index contributed by atoms with van der Waals surface area (Å²) in [5.74, 6) is 2.10. The Kier molecular flexibility index (Phi) is 5.70. The zero-order valence-corrected chi connectivity index (χ0v) is 22.5. The molecule has 0 aliphatic heterocycles. The second kappa shape index (κ2) is 9.56. The van der Waals surface area contributed by atoms with Crippen LogP contribution in [0.1, 0.15) is 30.2 Å². The van der Waals surface area contributed by atoms with E-state index in [1.807, 2.05) is 86.9 Å². The van der Waals surface area contributed by atoms with E-state index in [9.17, 15) is 4.79 Å². The predicted octanol–water partition coefficient (Wildman–Crippen LogP) is 5.26. The van der Waals surface area contributed by atoms with Gasteiger partial charge < -0.3 is 14.7 Å². The van der Waals surface area contributed by atoms with E-state index in [0.29, 0.717) is 34.6 Å². The second-order valence-corrected chi connectivity index (χ2v) is 9.85. The van der Waals surface area contributed by atoms with E-state index in [4.69, 9.17) is 9.52 Å². The van der Waals surface area contributed by atoms with Crippen LogP contribution in [0.25, 0.3) is 44.8 Å². The van der Waals surface area contributed by atoms with Crippen molar-refractivity contribution in [3.63, 3.8) is 0 Å². The average molecular weight is 544 g/mol. The van der Waals surface area contributed by atoms with Gasteiger partial charge in [-0.3, -0.25) is 9.36 Å². The molecule has 5 aromatic heterocycles. The Morgan fingerprint density at radius 1 is 0.976 bits per heavy atom. The Morgan fingerprint density at radius 3 is 2.61 bits per heavy atom. The number of benzene rings is 2. The average Bonchev–Trinajstić information content (AvgIpc) is 3.72. The van der Waals surface area contributed by atoms with Crippen molar-refractivity contribution in [2.75, 3.05) is 5.32 Å². The minimum absolute atomic E-state index is 0.138. The number of hydrogen-bond acceptors (Lipinski definition) is 8. The molecule has 0 fully saturated rings. The number of H-pyrrole nitrogens is 1. The lowest BCUT2D eigenvalue weighted by Crippen LogP contribution is -2.29. The number of nitrogens with zero attached hydrogens (tertiary/aromatic N) is 7. The molecule has 11 heteroatoms. The van der Waals surface area contributed by atoms with Crippen LogP contribution in [0.5, 0.6) is 0 Å². The van der Waals surface area contributed by atoms with Crippen LogP contribution in [0.4, 0.5) is 5.82 Å². The molecule has 1 unspecified atom stereocenters. The molecule has 2 aromatic carbocycles. The topological polar surface area (TPSA) is 132 Å². The van der Waals surface area contributed by atoms with Crippen LogP contribution in [0.2, 0.25) is 0 Å². The molecule has 202 valence electrons. The second-order valence-electron chi connectivity index (χ2n) is 9.85. The van der Waals surface area contributed by atoms with Gasteiger partial charge in [0.05, 0.1) is 17.1 Å². The number of para-hydroxylation sites is 1. The van der Waals surface area contributed by atoms with Crippen LogP contribution in [0, 0.1) is 13.8 Å². The molecule has 0 aliphatic carbocycles. The van der Waals surface area contributed by atoms with Crippen molar-refractivity contribution in [2.24, 2.45) is 0 Å². The minimum Gasteiger partial charge on any atom is -0.421 e. The van der Waals surface area contributed by atoms with Gasteiger partial charge in [0.25, 0.3) is 5.56 Å². The summed E-state index contributed by atoms with van der Waals surface area (Å²) in [6.45, 7) is 5.63. The van der Waals surface area contributed by atoms with Gasteiger partial charge in [0.15, 0.2) is 5.82 Å². The van der Waals surface area contributed by atoms with Crippen molar-refractivity contribution in [3.8, 4) is 28.3 Å². The summed E-state index contributed by atoms with van der Waals surface area (Å²) in [7, 11) is 0. The molecule has 11 nitrogen and oxygen atoms in total. The summed E-state index contributed by atoms with van der Waals surface area (Å²) >= 11 is 0. The third kappa shape index (κ3) is 4.15. The molecule has 5 heterocycles. The highest BCUT2D eigenvalue weighted by Crippen LogP contribution is 2.35.